The molecule has 0 saturated heterocycles. The van der Waals surface area contributed by atoms with Crippen molar-refractivity contribution in [3.8, 4) is 0 Å². The Morgan fingerprint density at radius 1 is 0.893 bits per heavy atom. The molecule has 0 radical (unpaired) electrons. The first kappa shape index (κ1) is 19.2. The second-order valence-electron chi connectivity index (χ2n) is 6.34. The molecule has 2 aromatic heterocycles. The van der Waals surface area contributed by atoms with E-state index in [1.807, 2.05) is 49.4 Å². The smallest absolute Gasteiger partial charge is 0.320 e. The van der Waals surface area contributed by atoms with E-state index >= 15 is 0 Å². The van der Waals surface area contributed by atoms with E-state index in [2.05, 4.69) is 20.6 Å². The van der Waals surface area contributed by atoms with E-state index in [-0.39, 0.29) is 11.8 Å². The fourth-order valence-corrected chi connectivity index (χ4v) is 2.71. The maximum absolute atomic E-state index is 11.9. The molecule has 3 rings (SSSR count). The minimum Gasteiger partial charge on any atom is -0.334 e. The minimum atomic E-state index is -0.298. The maximum atomic E-state index is 11.9. The molecule has 0 aliphatic carbocycles. The topological polar surface area (TPSA) is 84.0 Å². The van der Waals surface area contributed by atoms with Crippen LogP contribution in [0.5, 0.6) is 0 Å². The summed E-state index contributed by atoms with van der Waals surface area (Å²) in [6.45, 7) is 2.25. The zero-order chi connectivity index (χ0) is 19.8. The van der Waals surface area contributed by atoms with E-state index in [0.717, 1.165) is 23.1 Å². The third kappa shape index (κ3) is 5.48. The highest BCUT2D eigenvalue weighted by molar-refractivity contribution is 5.94. The van der Waals surface area contributed by atoms with Gasteiger partial charge in [-0.05, 0) is 47.4 Å². The Morgan fingerprint density at radius 3 is 2.39 bits per heavy atom. The van der Waals surface area contributed by atoms with Crippen LogP contribution < -0.4 is 10.6 Å². The van der Waals surface area contributed by atoms with Crippen molar-refractivity contribution in [2.45, 2.75) is 26.3 Å². The van der Waals surface area contributed by atoms with Gasteiger partial charge in [-0.1, -0.05) is 37.3 Å². The van der Waals surface area contributed by atoms with Crippen molar-refractivity contribution in [2.24, 2.45) is 0 Å². The number of nitrogens with one attached hydrogen (secondary N) is 2. The molecule has 6 heteroatoms. The number of pyridine rings is 2. The molecule has 2 amide bonds. The Balaban J connectivity index is 1.53. The first-order valence-electron chi connectivity index (χ1n) is 9.16. The van der Waals surface area contributed by atoms with Crippen molar-refractivity contribution >= 4 is 17.6 Å². The lowest BCUT2D eigenvalue weighted by atomic mass is 10.0. The molecule has 0 aliphatic rings. The summed E-state index contributed by atoms with van der Waals surface area (Å²) >= 11 is 0. The molecular weight excluding hydrogens is 352 g/mol. The SMILES string of the molecule is CCC(=O)c1cc(Cc2ccc(CNC(=O)Nc3ccccn3)cc2)ccn1. The van der Waals surface area contributed by atoms with E-state index in [4.69, 9.17) is 0 Å². The van der Waals surface area contributed by atoms with E-state index in [9.17, 15) is 9.59 Å². The summed E-state index contributed by atoms with van der Waals surface area (Å²) in [5.74, 6) is 0.556. The molecule has 0 aliphatic heterocycles. The molecule has 1 aromatic carbocycles. The molecule has 142 valence electrons. The monoisotopic (exact) mass is 374 g/mol. The van der Waals surface area contributed by atoms with E-state index in [0.29, 0.717) is 24.5 Å². The van der Waals surface area contributed by atoms with Crippen molar-refractivity contribution in [3.63, 3.8) is 0 Å². The number of hydrogen-bond acceptors (Lipinski definition) is 4. The fraction of sp³-hybridized carbons (Fsp3) is 0.182. The number of aromatic nitrogens is 2. The number of carbonyl (C=O) groups is 2. The van der Waals surface area contributed by atoms with Crippen molar-refractivity contribution in [2.75, 3.05) is 5.32 Å². The summed E-state index contributed by atoms with van der Waals surface area (Å²) in [5.41, 5.74) is 3.69. The van der Waals surface area contributed by atoms with Gasteiger partial charge >= 0.3 is 6.03 Å². The van der Waals surface area contributed by atoms with E-state index in [1.54, 1.807) is 24.5 Å². The molecular formula is C22H22N4O2. The molecule has 3 aromatic rings. The van der Waals surface area contributed by atoms with Crippen LogP contribution in [-0.2, 0) is 13.0 Å². The summed E-state index contributed by atoms with van der Waals surface area (Å²) in [6.07, 6.45) is 4.47. The van der Waals surface area contributed by atoms with Crippen molar-refractivity contribution in [1.29, 1.82) is 0 Å². The average Bonchev–Trinajstić information content (AvgIpc) is 2.73. The number of anilines is 1. The van der Waals surface area contributed by atoms with Crippen molar-refractivity contribution < 1.29 is 9.59 Å². The predicted octanol–water partition coefficient (Wildman–Crippen LogP) is 3.98. The van der Waals surface area contributed by atoms with Gasteiger partial charge in [-0.25, -0.2) is 9.78 Å². The lowest BCUT2D eigenvalue weighted by molar-refractivity contribution is 0.0983. The Hall–Kier alpha value is -3.54. The number of carbonyl (C=O) groups excluding carboxylic acids is 2. The van der Waals surface area contributed by atoms with Gasteiger partial charge in [0.2, 0.25) is 0 Å². The Morgan fingerprint density at radius 2 is 1.68 bits per heavy atom. The molecule has 0 fully saturated rings. The van der Waals surface area contributed by atoms with Gasteiger partial charge in [0, 0.05) is 25.4 Å². The van der Waals surface area contributed by atoms with Gasteiger partial charge in [0.25, 0.3) is 0 Å². The zero-order valence-corrected chi connectivity index (χ0v) is 15.7. The van der Waals surface area contributed by atoms with Crippen molar-refractivity contribution in [3.05, 3.63) is 89.4 Å². The first-order valence-corrected chi connectivity index (χ1v) is 9.16. The Kier molecular flexibility index (Phi) is 6.46. The molecule has 6 nitrogen and oxygen atoms in total. The number of nitrogens with zero attached hydrogens (tertiary/aromatic N) is 2. The number of benzene rings is 1. The van der Waals surface area contributed by atoms with Crippen LogP contribution in [-0.4, -0.2) is 21.8 Å². The summed E-state index contributed by atoms with van der Waals surface area (Å²) in [7, 11) is 0. The van der Waals surface area contributed by atoms with Gasteiger partial charge in [-0.3, -0.25) is 15.1 Å². The lowest BCUT2D eigenvalue weighted by Gasteiger charge is -2.08. The number of hydrogen-bond donors (Lipinski definition) is 2. The quantitative estimate of drug-likeness (QED) is 0.613. The molecule has 2 heterocycles. The zero-order valence-electron chi connectivity index (χ0n) is 15.7. The van der Waals surface area contributed by atoms with Crippen LogP contribution >= 0.6 is 0 Å². The average molecular weight is 374 g/mol. The molecule has 28 heavy (non-hydrogen) atoms. The lowest BCUT2D eigenvalue weighted by Crippen LogP contribution is -2.28. The fourth-order valence-electron chi connectivity index (χ4n) is 2.71. The second kappa shape index (κ2) is 9.41. The molecule has 0 spiro atoms. The second-order valence-corrected chi connectivity index (χ2v) is 6.34. The molecule has 2 N–H and O–H groups in total. The normalized spacial score (nSPS) is 10.3. The van der Waals surface area contributed by atoms with Gasteiger partial charge in [-0.2, -0.15) is 0 Å². The largest absolute Gasteiger partial charge is 0.334 e. The van der Waals surface area contributed by atoms with Crippen LogP contribution in [0.25, 0.3) is 0 Å². The first-order chi connectivity index (χ1) is 13.6. The standard InChI is InChI=1S/C22H22N4O2/c1-2-20(27)19-14-18(10-12-23-19)13-16-6-8-17(9-7-16)15-25-22(28)26-21-5-3-4-11-24-21/h3-12,14H,2,13,15H2,1H3,(H2,24,25,26,28). The van der Waals surface area contributed by atoms with Crippen LogP contribution in [0.3, 0.4) is 0 Å². The summed E-state index contributed by atoms with van der Waals surface area (Å²) in [6, 6.07) is 16.8. The summed E-state index contributed by atoms with van der Waals surface area (Å²) < 4.78 is 0. The number of Topliss-reactive ketones (excluding diaryl/α,β-unsaturated/α-hetero) is 1. The third-order valence-electron chi connectivity index (χ3n) is 4.22. The summed E-state index contributed by atoms with van der Waals surface area (Å²) in [5, 5.41) is 5.49. The van der Waals surface area contributed by atoms with Gasteiger partial charge in [0.05, 0.1) is 0 Å². The molecule has 0 bridgehead atoms. The third-order valence-corrected chi connectivity index (χ3v) is 4.22. The number of ketones is 1. The van der Waals surface area contributed by atoms with Gasteiger partial charge in [0.1, 0.15) is 11.5 Å². The van der Waals surface area contributed by atoms with Crippen LogP contribution in [0, 0.1) is 0 Å². The highest BCUT2D eigenvalue weighted by Crippen LogP contribution is 2.12. The minimum absolute atomic E-state index is 0.0484. The number of urea groups is 1. The van der Waals surface area contributed by atoms with Gasteiger partial charge < -0.3 is 5.32 Å². The van der Waals surface area contributed by atoms with Crippen LogP contribution in [0.2, 0.25) is 0 Å². The van der Waals surface area contributed by atoms with Gasteiger partial charge in [-0.15, -0.1) is 0 Å². The van der Waals surface area contributed by atoms with E-state index < -0.39 is 0 Å². The number of rotatable bonds is 7. The Labute approximate surface area is 164 Å². The molecule has 0 atom stereocenters. The van der Waals surface area contributed by atoms with Gasteiger partial charge in [0.15, 0.2) is 5.78 Å². The highest BCUT2D eigenvalue weighted by Gasteiger charge is 2.06. The highest BCUT2D eigenvalue weighted by atomic mass is 16.2. The van der Waals surface area contributed by atoms with E-state index in [1.165, 1.54) is 0 Å². The van der Waals surface area contributed by atoms with Crippen molar-refractivity contribution in [1.82, 2.24) is 15.3 Å². The van der Waals surface area contributed by atoms with Crippen LogP contribution in [0.1, 0.15) is 40.5 Å². The molecule has 0 unspecified atom stereocenters. The predicted molar refractivity (Wildman–Crippen MR) is 108 cm³/mol. The maximum Gasteiger partial charge on any atom is 0.320 e. The number of amides is 2. The molecule has 0 saturated carbocycles. The van der Waals surface area contributed by atoms with Crippen LogP contribution in [0.15, 0.2) is 67.0 Å². The summed E-state index contributed by atoms with van der Waals surface area (Å²) in [4.78, 5) is 31.9. The van der Waals surface area contributed by atoms with Crippen LogP contribution in [0.4, 0.5) is 10.6 Å². The Bertz CT molecular complexity index is 940.